The number of amides is 2. The van der Waals surface area contributed by atoms with Gasteiger partial charge < -0.3 is 4.90 Å². The number of carbonyl (C=O) groups excluding carboxylic acids is 2. The molecule has 1 rings (SSSR count). The molecule has 0 atom stereocenters. The first kappa shape index (κ1) is 14.1. The van der Waals surface area contributed by atoms with Crippen LogP contribution in [-0.2, 0) is 9.59 Å². The minimum atomic E-state index is -0.701. The lowest BCUT2D eigenvalue weighted by molar-refractivity contribution is -0.142. The van der Waals surface area contributed by atoms with Crippen LogP contribution in [0.5, 0.6) is 0 Å². The van der Waals surface area contributed by atoms with Crippen molar-refractivity contribution in [3.05, 3.63) is 36.4 Å². The van der Waals surface area contributed by atoms with Crippen molar-refractivity contribution in [1.29, 1.82) is 0 Å². The molecule has 1 N–H and O–H groups in total. The summed E-state index contributed by atoms with van der Waals surface area (Å²) in [6, 6.07) is 0. The van der Waals surface area contributed by atoms with Gasteiger partial charge in [0.05, 0.1) is 5.69 Å². The summed E-state index contributed by atoms with van der Waals surface area (Å²) in [6.07, 6.45) is 3.12. The summed E-state index contributed by atoms with van der Waals surface area (Å²) in [5, 5.41) is 4.68. The van der Waals surface area contributed by atoms with Crippen molar-refractivity contribution in [1.82, 2.24) is 9.88 Å². The Hall–Kier alpha value is -1.95. The Morgan fingerprint density at radius 3 is 2.50 bits per heavy atom. The van der Waals surface area contributed by atoms with Gasteiger partial charge in [-0.25, -0.2) is 4.98 Å². The predicted molar refractivity (Wildman–Crippen MR) is 72.5 cm³/mol. The summed E-state index contributed by atoms with van der Waals surface area (Å²) in [4.78, 5) is 28.9. The van der Waals surface area contributed by atoms with Crippen LogP contribution in [-0.4, -0.2) is 34.8 Å². The molecular weight excluding hydrogens is 250 g/mol. The summed E-state index contributed by atoms with van der Waals surface area (Å²) < 4.78 is 0. The number of aromatic nitrogens is 1. The lowest BCUT2D eigenvalue weighted by Gasteiger charge is -2.17. The van der Waals surface area contributed by atoms with E-state index >= 15 is 0 Å². The van der Waals surface area contributed by atoms with Crippen molar-refractivity contribution in [2.75, 3.05) is 18.4 Å². The molecular formula is C12H15N3O2S. The number of carbonyl (C=O) groups is 2. The molecule has 0 radical (unpaired) electrons. The SMILES string of the molecule is C=CCN(CC=C)C(=O)C(=O)Nc1nc(C)cs1. The minimum absolute atomic E-state index is 0.301. The van der Waals surface area contributed by atoms with Crippen molar-refractivity contribution < 1.29 is 9.59 Å². The molecule has 0 aliphatic heterocycles. The molecule has 1 aromatic heterocycles. The Morgan fingerprint density at radius 2 is 2.06 bits per heavy atom. The van der Waals surface area contributed by atoms with Gasteiger partial charge in [-0.1, -0.05) is 12.2 Å². The van der Waals surface area contributed by atoms with Gasteiger partial charge in [0, 0.05) is 18.5 Å². The molecule has 96 valence electrons. The molecule has 1 aromatic rings. The van der Waals surface area contributed by atoms with Crippen LogP contribution in [0.25, 0.3) is 0 Å². The second-order valence-corrected chi connectivity index (χ2v) is 4.39. The number of hydrogen-bond acceptors (Lipinski definition) is 4. The van der Waals surface area contributed by atoms with Gasteiger partial charge in [-0.15, -0.1) is 24.5 Å². The van der Waals surface area contributed by atoms with E-state index in [1.54, 1.807) is 17.5 Å². The number of rotatable bonds is 5. The zero-order valence-electron chi connectivity index (χ0n) is 10.2. The molecule has 18 heavy (non-hydrogen) atoms. The highest BCUT2D eigenvalue weighted by molar-refractivity contribution is 7.14. The van der Waals surface area contributed by atoms with Gasteiger partial charge >= 0.3 is 11.8 Å². The highest BCUT2D eigenvalue weighted by Crippen LogP contribution is 2.14. The number of aryl methyl sites for hydroxylation is 1. The van der Waals surface area contributed by atoms with Crippen LogP contribution in [0, 0.1) is 6.92 Å². The average Bonchev–Trinajstić information content (AvgIpc) is 2.73. The summed E-state index contributed by atoms with van der Waals surface area (Å²) in [5.41, 5.74) is 0.803. The van der Waals surface area contributed by atoms with Crippen molar-refractivity contribution in [2.45, 2.75) is 6.92 Å². The maximum atomic E-state index is 11.8. The van der Waals surface area contributed by atoms with E-state index in [1.807, 2.05) is 6.92 Å². The fraction of sp³-hybridized carbons (Fsp3) is 0.250. The first-order chi connectivity index (χ1) is 8.58. The van der Waals surface area contributed by atoms with E-state index in [1.165, 1.54) is 16.2 Å². The third-order valence-electron chi connectivity index (χ3n) is 2.02. The van der Waals surface area contributed by atoms with Gasteiger partial charge in [0.1, 0.15) is 0 Å². The number of nitrogens with zero attached hydrogens (tertiary/aromatic N) is 2. The van der Waals surface area contributed by atoms with Crippen LogP contribution in [0.2, 0.25) is 0 Å². The average molecular weight is 265 g/mol. The Kier molecular flexibility index (Phi) is 5.26. The summed E-state index contributed by atoms with van der Waals surface area (Å²) in [7, 11) is 0. The van der Waals surface area contributed by atoms with E-state index in [2.05, 4.69) is 23.5 Å². The Bertz CT molecular complexity index is 458. The van der Waals surface area contributed by atoms with Crippen LogP contribution in [0.15, 0.2) is 30.7 Å². The third kappa shape index (κ3) is 3.81. The predicted octanol–water partition coefficient (Wildman–Crippen LogP) is 1.59. The number of anilines is 1. The van der Waals surface area contributed by atoms with Crippen LogP contribution in [0.1, 0.15) is 5.69 Å². The van der Waals surface area contributed by atoms with Crippen LogP contribution < -0.4 is 5.32 Å². The molecule has 0 aliphatic rings. The number of thiazole rings is 1. The van der Waals surface area contributed by atoms with Crippen LogP contribution in [0.4, 0.5) is 5.13 Å². The van der Waals surface area contributed by atoms with Gasteiger partial charge in [-0.05, 0) is 6.92 Å². The van der Waals surface area contributed by atoms with E-state index in [-0.39, 0.29) is 0 Å². The molecule has 0 bridgehead atoms. The second-order valence-electron chi connectivity index (χ2n) is 3.54. The van der Waals surface area contributed by atoms with Crippen LogP contribution >= 0.6 is 11.3 Å². The van der Waals surface area contributed by atoms with E-state index in [0.29, 0.717) is 18.2 Å². The molecule has 6 heteroatoms. The van der Waals surface area contributed by atoms with Crippen LogP contribution in [0.3, 0.4) is 0 Å². The molecule has 1 heterocycles. The molecule has 0 saturated heterocycles. The molecule has 0 saturated carbocycles. The van der Waals surface area contributed by atoms with Gasteiger partial charge in [-0.2, -0.15) is 0 Å². The van der Waals surface area contributed by atoms with Gasteiger partial charge in [-0.3, -0.25) is 14.9 Å². The van der Waals surface area contributed by atoms with Crippen molar-refractivity contribution in [2.24, 2.45) is 0 Å². The molecule has 2 amide bonds. The molecule has 0 aromatic carbocycles. The third-order valence-corrected chi connectivity index (χ3v) is 2.90. The van der Waals surface area contributed by atoms with Crippen molar-refractivity contribution >= 4 is 28.3 Å². The maximum Gasteiger partial charge on any atom is 0.315 e. The van der Waals surface area contributed by atoms with E-state index < -0.39 is 11.8 Å². The first-order valence-electron chi connectivity index (χ1n) is 5.32. The van der Waals surface area contributed by atoms with Crippen molar-refractivity contribution in [3.63, 3.8) is 0 Å². The normalized spacial score (nSPS) is 9.61. The fourth-order valence-electron chi connectivity index (χ4n) is 1.26. The summed E-state index contributed by atoms with van der Waals surface area (Å²) >= 11 is 1.28. The summed E-state index contributed by atoms with van der Waals surface area (Å²) in [6.45, 7) is 9.50. The van der Waals surface area contributed by atoms with E-state index in [4.69, 9.17) is 0 Å². The molecule has 0 fully saturated rings. The minimum Gasteiger partial charge on any atom is -0.327 e. The van der Waals surface area contributed by atoms with Gasteiger partial charge in [0.2, 0.25) is 0 Å². The smallest absolute Gasteiger partial charge is 0.315 e. The van der Waals surface area contributed by atoms with Gasteiger partial charge in [0.25, 0.3) is 0 Å². The maximum absolute atomic E-state index is 11.8. The largest absolute Gasteiger partial charge is 0.327 e. The monoisotopic (exact) mass is 265 g/mol. The quantitative estimate of drug-likeness (QED) is 0.649. The molecule has 0 unspecified atom stereocenters. The Balaban J connectivity index is 2.66. The highest BCUT2D eigenvalue weighted by atomic mass is 32.1. The van der Waals surface area contributed by atoms with E-state index in [0.717, 1.165) is 5.69 Å². The lowest BCUT2D eigenvalue weighted by atomic mass is 10.4. The zero-order chi connectivity index (χ0) is 13.5. The van der Waals surface area contributed by atoms with E-state index in [9.17, 15) is 9.59 Å². The highest BCUT2D eigenvalue weighted by Gasteiger charge is 2.20. The Labute approximate surface area is 110 Å². The fourth-order valence-corrected chi connectivity index (χ4v) is 1.94. The Morgan fingerprint density at radius 1 is 1.44 bits per heavy atom. The molecule has 5 nitrogen and oxygen atoms in total. The number of hydrogen-bond donors (Lipinski definition) is 1. The molecule has 0 aliphatic carbocycles. The topological polar surface area (TPSA) is 62.3 Å². The van der Waals surface area contributed by atoms with Gasteiger partial charge in [0.15, 0.2) is 5.13 Å². The lowest BCUT2D eigenvalue weighted by Crippen LogP contribution is -2.39. The molecule has 0 spiro atoms. The first-order valence-corrected chi connectivity index (χ1v) is 6.20. The number of nitrogens with one attached hydrogen (secondary N) is 1. The van der Waals surface area contributed by atoms with Crippen molar-refractivity contribution in [3.8, 4) is 0 Å². The zero-order valence-corrected chi connectivity index (χ0v) is 11.0. The standard InChI is InChI=1S/C12H15N3O2S/c1-4-6-15(7-5-2)11(17)10(16)14-12-13-9(3)8-18-12/h4-5,8H,1-2,6-7H2,3H3,(H,13,14,16). The summed E-state index contributed by atoms with van der Waals surface area (Å²) in [5.74, 6) is -1.32. The second kappa shape index (κ2) is 6.70.